The predicted octanol–water partition coefficient (Wildman–Crippen LogP) is 1.97. The largest absolute Gasteiger partial charge is 0.473 e. The fourth-order valence-corrected chi connectivity index (χ4v) is 4.82. The number of hydrogen-bond acceptors (Lipinski definition) is 5. The molecule has 0 unspecified atom stereocenters. The molecule has 0 N–H and O–H groups in total. The van der Waals surface area contributed by atoms with Gasteiger partial charge in [0.2, 0.25) is 15.9 Å². The second-order valence-electron chi connectivity index (χ2n) is 6.16. The van der Waals surface area contributed by atoms with Crippen molar-refractivity contribution in [3.8, 4) is 5.88 Å². The summed E-state index contributed by atoms with van der Waals surface area (Å²) in [6, 6.07) is 7.66. The van der Waals surface area contributed by atoms with E-state index < -0.39 is 10.0 Å². The molecule has 2 aromatic rings. The Labute approximate surface area is 135 Å². The SMILES string of the molecule is O=S(=O)(C1CC1)N1CCC(Oc2cnc3ccccc3n2)CC1. The third-order valence-corrected chi connectivity index (χ3v) is 6.82. The Morgan fingerprint density at radius 3 is 2.43 bits per heavy atom. The minimum absolute atomic E-state index is 0.00360. The number of sulfonamides is 1. The van der Waals surface area contributed by atoms with E-state index in [1.165, 1.54) is 0 Å². The number of piperidine rings is 1. The molecule has 0 radical (unpaired) electrons. The Balaban J connectivity index is 1.40. The molecular weight excluding hydrogens is 314 g/mol. The summed E-state index contributed by atoms with van der Waals surface area (Å²) in [5.74, 6) is 0.507. The van der Waals surface area contributed by atoms with E-state index in [0.717, 1.165) is 23.9 Å². The number of hydrogen-bond donors (Lipinski definition) is 0. The molecule has 7 heteroatoms. The highest BCUT2D eigenvalue weighted by Gasteiger charge is 2.41. The first-order chi connectivity index (χ1) is 11.1. The number of nitrogens with zero attached hydrogens (tertiary/aromatic N) is 3. The lowest BCUT2D eigenvalue weighted by Gasteiger charge is -2.31. The van der Waals surface area contributed by atoms with Crippen LogP contribution in [0.1, 0.15) is 25.7 Å². The molecule has 2 heterocycles. The molecule has 2 fully saturated rings. The van der Waals surface area contributed by atoms with E-state index in [2.05, 4.69) is 9.97 Å². The van der Waals surface area contributed by atoms with Gasteiger partial charge in [-0.05, 0) is 37.8 Å². The number of rotatable bonds is 4. The Bertz CT molecular complexity index is 812. The van der Waals surface area contributed by atoms with Gasteiger partial charge in [-0.25, -0.2) is 22.7 Å². The lowest BCUT2D eigenvalue weighted by molar-refractivity contribution is 0.130. The fourth-order valence-electron chi connectivity index (χ4n) is 2.95. The van der Waals surface area contributed by atoms with Crippen LogP contribution in [0.15, 0.2) is 30.5 Å². The zero-order valence-corrected chi connectivity index (χ0v) is 13.6. The van der Waals surface area contributed by atoms with Gasteiger partial charge in [0.25, 0.3) is 0 Å². The highest BCUT2D eigenvalue weighted by molar-refractivity contribution is 7.90. The van der Waals surface area contributed by atoms with Crippen LogP contribution >= 0.6 is 0 Å². The molecule has 0 atom stereocenters. The molecule has 0 bridgehead atoms. The van der Waals surface area contributed by atoms with Gasteiger partial charge in [-0.15, -0.1) is 0 Å². The molecule has 4 rings (SSSR count). The van der Waals surface area contributed by atoms with Gasteiger partial charge < -0.3 is 4.74 Å². The average Bonchev–Trinajstić information content (AvgIpc) is 3.41. The van der Waals surface area contributed by atoms with Crippen molar-refractivity contribution in [3.05, 3.63) is 30.5 Å². The highest BCUT2D eigenvalue weighted by Crippen LogP contribution is 2.32. The van der Waals surface area contributed by atoms with Crippen LogP contribution in [-0.2, 0) is 10.0 Å². The van der Waals surface area contributed by atoms with Crippen LogP contribution in [0, 0.1) is 0 Å². The summed E-state index contributed by atoms with van der Waals surface area (Å²) in [6.07, 6.45) is 4.64. The summed E-state index contributed by atoms with van der Waals surface area (Å²) in [5.41, 5.74) is 1.64. The number of benzene rings is 1. The van der Waals surface area contributed by atoms with E-state index in [4.69, 9.17) is 4.74 Å². The van der Waals surface area contributed by atoms with Gasteiger partial charge in [-0.1, -0.05) is 12.1 Å². The minimum Gasteiger partial charge on any atom is -0.473 e. The van der Waals surface area contributed by atoms with Gasteiger partial charge in [0.15, 0.2) is 0 Å². The molecule has 1 aliphatic carbocycles. The number of ether oxygens (including phenoxy) is 1. The molecule has 1 saturated heterocycles. The van der Waals surface area contributed by atoms with Crippen molar-refractivity contribution in [1.29, 1.82) is 0 Å². The van der Waals surface area contributed by atoms with E-state index in [9.17, 15) is 8.42 Å². The van der Waals surface area contributed by atoms with Gasteiger partial charge in [-0.3, -0.25) is 0 Å². The standard InChI is InChI=1S/C16H19N3O3S/c20-23(21,13-5-6-13)19-9-7-12(8-10-19)22-16-11-17-14-3-1-2-4-15(14)18-16/h1-4,11-13H,5-10H2. The zero-order chi connectivity index (χ0) is 15.9. The van der Waals surface area contributed by atoms with E-state index in [0.29, 0.717) is 31.8 Å². The van der Waals surface area contributed by atoms with E-state index in [-0.39, 0.29) is 11.4 Å². The second-order valence-corrected chi connectivity index (χ2v) is 8.37. The quantitative estimate of drug-likeness (QED) is 0.855. The molecule has 122 valence electrons. The van der Waals surface area contributed by atoms with E-state index in [1.807, 2.05) is 24.3 Å². The lowest BCUT2D eigenvalue weighted by Crippen LogP contribution is -2.43. The smallest absolute Gasteiger partial charge is 0.233 e. The molecule has 1 aliphatic heterocycles. The van der Waals surface area contributed by atoms with Crippen LogP contribution in [0.25, 0.3) is 11.0 Å². The third-order valence-electron chi connectivity index (χ3n) is 4.42. The first kappa shape index (κ1) is 14.8. The van der Waals surface area contributed by atoms with Crippen LogP contribution < -0.4 is 4.74 Å². The maximum absolute atomic E-state index is 12.2. The van der Waals surface area contributed by atoms with Crippen molar-refractivity contribution in [2.24, 2.45) is 0 Å². The van der Waals surface area contributed by atoms with Crippen molar-refractivity contribution < 1.29 is 13.2 Å². The van der Waals surface area contributed by atoms with E-state index in [1.54, 1.807) is 10.5 Å². The van der Waals surface area contributed by atoms with Crippen LogP contribution in [0.4, 0.5) is 0 Å². The zero-order valence-electron chi connectivity index (χ0n) is 12.8. The summed E-state index contributed by atoms with van der Waals surface area (Å²) in [6.45, 7) is 1.06. The Morgan fingerprint density at radius 2 is 1.74 bits per heavy atom. The number of fused-ring (bicyclic) bond motifs is 1. The Morgan fingerprint density at radius 1 is 1.04 bits per heavy atom. The summed E-state index contributed by atoms with van der Waals surface area (Å²) in [5, 5.41) is -0.133. The van der Waals surface area contributed by atoms with Crippen molar-refractivity contribution in [1.82, 2.24) is 14.3 Å². The normalized spacial score (nSPS) is 20.7. The molecule has 0 amide bonds. The monoisotopic (exact) mass is 333 g/mol. The predicted molar refractivity (Wildman–Crippen MR) is 86.7 cm³/mol. The second kappa shape index (κ2) is 5.72. The summed E-state index contributed by atoms with van der Waals surface area (Å²) in [7, 11) is -3.06. The maximum atomic E-state index is 12.2. The first-order valence-corrected chi connectivity index (χ1v) is 9.51. The summed E-state index contributed by atoms with van der Waals surface area (Å²) < 4.78 is 32.0. The average molecular weight is 333 g/mol. The van der Waals surface area contributed by atoms with Crippen LogP contribution in [0.3, 0.4) is 0 Å². The molecule has 2 aliphatic rings. The minimum atomic E-state index is -3.06. The van der Waals surface area contributed by atoms with E-state index >= 15 is 0 Å². The van der Waals surface area contributed by atoms with Gasteiger partial charge in [0.1, 0.15) is 6.10 Å². The third kappa shape index (κ3) is 3.03. The Hall–Kier alpha value is -1.73. The lowest BCUT2D eigenvalue weighted by atomic mass is 10.1. The van der Waals surface area contributed by atoms with Crippen molar-refractivity contribution >= 4 is 21.1 Å². The molecule has 1 aromatic heterocycles. The van der Waals surface area contributed by atoms with Gasteiger partial charge >= 0.3 is 0 Å². The molecule has 6 nitrogen and oxygen atoms in total. The molecule has 0 spiro atoms. The molecule has 23 heavy (non-hydrogen) atoms. The van der Waals surface area contributed by atoms with Crippen LogP contribution in [0.2, 0.25) is 0 Å². The fraction of sp³-hybridized carbons (Fsp3) is 0.500. The van der Waals surface area contributed by atoms with Crippen LogP contribution in [-0.4, -0.2) is 47.1 Å². The van der Waals surface area contributed by atoms with Crippen molar-refractivity contribution in [2.75, 3.05) is 13.1 Å². The van der Waals surface area contributed by atoms with Gasteiger partial charge in [-0.2, -0.15) is 0 Å². The number of para-hydroxylation sites is 2. The maximum Gasteiger partial charge on any atom is 0.233 e. The molecule has 1 saturated carbocycles. The topological polar surface area (TPSA) is 72.4 Å². The first-order valence-electron chi connectivity index (χ1n) is 8.00. The Kier molecular flexibility index (Phi) is 3.69. The summed E-state index contributed by atoms with van der Waals surface area (Å²) >= 11 is 0. The summed E-state index contributed by atoms with van der Waals surface area (Å²) in [4.78, 5) is 8.80. The van der Waals surface area contributed by atoms with Crippen LogP contribution in [0.5, 0.6) is 5.88 Å². The highest BCUT2D eigenvalue weighted by atomic mass is 32.2. The van der Waals surface area contributed by atoms with Gasteiger partial charge in [0.05, 0.1) is 22.5 Å². The van der Waals surface area contributed by atoms with Crippen molar-refractivity contribution in [2.45, 2.75) is 37.0 Å². The molecular formula is C16H19N3O3S. The molecule has 1 aromatic carbocycles. The number of aromatic nitrogens is 2. The van der Waals surface area contributed by atoms with Crippen molar-refractivity contribution in [3.63, 3.8) is 0 Å². The van der Waals surface area contributed by atoms with Gasteiger partial charge in [0, 0.05) is 13.1 Å².